The molecule has 0 unspecified atom stereocenters. The smallest absolute Gasteiger partial charge is 0.407 e. The van der Waals surface area contributed by atoms with E-state index in [1.165, 1.54) is 16.0 Å². The fraction of sp³-hybridized carbons (Fsp3) is 0.462. The fourth-order valence-corrected chi connectivity index (χ4v) is 2.48. The van der Waals surface area contributed by atoms with Gasteiger partial charge >= 0.3 is 6.09 Å². The molecule has 1 amide bonds. The molecule has 1 aromatic carbocycles. The molecule has 0 saturated carbocycles. The van der Waals surface area contributed by atoms with Crippen LogP contribution in [-0.4, -0.2) is 29.2 Å². The maximum absolute atomic E-state index is 10.8. The molecular weight excluding hydrogens is 216 g/mol. The van der Waals surface area contributed by atoms with Crippen molar-refractivity contribution in [2.45, 2.75) is 25.7 Å². The zero-order chi connectivity index (χ0) is 12.4. The van der Waals surface area contributed by atoms with Gasteiger partial charge < -0.3 is 15.7 Å². The number of aryl methyl sites for hydroxylation is 1. The van der Waals surface area contributed by atoms with Gasteiger partial charge in [-0.05, 0) is 48.9 Å². The molecule has 0 bridgehead atoms. The van der Waals surface area contributed by atoms with Gasteiger partial charge in [-0.15, -0.1) is 0 Å². The molecule has 0 radical (unpaired) electrons. The molecule has 1 fully saturated rings. The second-order valence-corrected chi connectivity index (χ2v) is 4.66. The summed E-state index contributed by atoms with van der Waals surface area (Å²) in [5, 5.41) is 8.90. The van der Waals surface area contributed by atoms with Crippen LogP contribution in [0.4, 0.5) is 10.5 Å². The van der Waals surface area contributed by atoms with Gasteiger partial charge in [0.25, 0.3) is 0 Å². The quantitative estimate of drug-likeness (QED) is 0.733. The molecule has 0 spiro atoms. The predicted octanol–water partition coefficient (Wildman–Crippen LogP) is 2.43. The highest BCUT2D eigenvalue weighted by molar-refractivity contribution is 5.65. The molecule has 1 saturated heterocycles. The van der Waals surface area contributed by atoms with E-state index in [1.807, 2.05) is 18.2 Å². The van der Waals surface area contributed by atoms with E-state index in [1.54, 1.807) is 0 Å². The van der Waals surface area contributed by atoms with Crippen molar-refractivity contribution in [2.75, 3.05) is 18.8 Å². The molecule has 1 aliphatic heterocycles. The number of benzene rings is 1. The summed E-state index contributed by atoms with van der Waals surface area (Å²) in [6, 6.07) is 5.97. The second kappa shape index (κ2) is 4.65. The maximum atomic E-state index is 10.8. The Labute approximate surface area is 101 Å². The molecule has 92 valence electrons. The lowest BCUT2D eigenvalue weighted by Gasteiger charge is -2.31. The monoisotopic (exact) mass is 234 g/mol. The predicted molar refractivity (Wildman–Crippen MR) is 67.2 cm³/mol. The molecule has 4 nitrogen and oxygen atoms in total. The first-order chi connectivity index (χ1) is 8.08. The normalized spacial score (nSPS) is 17.1. The molecule has 17 heavy (non-hydrogen) atoms. The van der Waals surface area contributed by atoms with Crippen LogP contribution in [-0.2, 0) is 0 Å². The summed E-state index contributed by atoms with van der Waals surface area (Å²) < 4.78 is 0. The minimum atomic E-state index is -0.812. The molecule has 1 aliphatic rings. The van der Waals surface area contributed by atoms with Crippen LogP contribution in [0.5, 0.6) is 0 Å². The van der Waals surface area contributed by atoms with E-state index in [9.17, 15) is 4.79 Å². The van der Waals surface area contributed by atoms with Gasteiger partial charge in [0.15, 0.2) is 0 Å². The van der Waals surface area contributed by atoms with Crippen molar-refractivity contribution in [2.24, 2.45) is 0 Å². The third-order valence-corrected chi connectivity index (χ3v) is 3.51. The summed E-state index contributed by atoms with van der Waals surface area (Å²) in [5.41, 5.74) is 9.11. The maximum Gasteiger partial charge on any atom is 0.407 e. The molecule has 2 rings (SSSR count). The number of nitrogen functional groups attached to an aromatic ring is 1. The third kappa shape index (κ3) is 2.52. The summed E-state index contributed by atoms with van der Waals surface area (Å²) in [6.45, 7) is 3.32. The zero-order valence-electron chi connectivity index (χ0n) is 10.0. The summed E-state index contributed by atoms with van der Waals surface area (Å²) in [5.74, 6) is 0.439. The van der Waals surface area contributed by atoms with Crippen molar-refractivity contribution in [3.05, 3.63) is 29.3 Å². The van der Waals surface area contributed by atoms with Gasteiger partial charge in [0.2, 0.25) is 0 Å². The first-order valence-electron chi connectivity index (χ1n) is 5.92. The van der Waals surface area contributed by atoms with Gasteiger partial charge in [0.1, 0.15) is 0 Å². The average Bonchev–Trinajstić information content (AvgIpc) is 2.32. The number of hydrogen-bond acceptors (Lipinski definition) is 2. The first-order valence-corrected chi connectivity index (χ1v) is 5.92. The van der Waals surface area contributed by atoms with Crippen LogP contribution in [0, 0.1) is 6.92 Å². The molecule has 0 aliphatic carbocycles. The Morgan fingerprint density at radius 2 is 2.06 bits per heavy atom. The van der Waals surface area contributed by atoms with E-state index in [-0.39, 0.29) is 0 Å². The molecule has 0 aromatic heterocycles. The number of anilines is 1. The van der Waals surface area contributed by atoms with E-state index >= 15 is 0 Å². The number of piperidine rings is 1. The lowest BCUT2D eigenvalue weighted by molar-refractivity contribution is 0.132. The van der Waals surface area contributed by atoms with E-state index in [2.05, 4.69) is 6.92 Å². The van der Waals surface area contributed by atoms with Crippen LogP contribution in [0.15, 0.2) is 18.2 Å². The van der Waals surface area contributed by atoms with E-state index < -0.39 is 6.09 Å². The average molecular weight is 234 g/mol. The molecular formula is C13H18N2O2. The summed E-state index contributed by atoms with van der Waals surface area (Å²) in [7, 11) is 0. The Hall–Kier alpha value is -1.71. The number of rotatable bonds is 1. The lowest BCUT2D eigenvalue weighted by Crippen LogP contribution is -2.36. The van der Waals surface area contributed by atoms with Crippen molar-refractivity contribution >= 4 is 11.8 Å². The highest BCUT2D eigenvalue weighted by atomic mass is 16.4. The van der Waals surface area contributed by atoms with Gasteiger partial charge in [0, 0.05) is 18.8 Å². The number of carboxylic acid groups (broad SMARTS) is 1. The van der Waals surface area contributed by atoms with Crippen molar-refractivity contribution in [1.29, 1.82) is 0 Å². The van der Waals surface area contributed by atoms with Gasteiger partial charge in [0.05, 0.1) is 0 Å². The van der Waals surface area contributed by atoms with Crippen LogP contribution in [0.2, 0.25) is 0 Å². The van der Waals surface area contributed by atoms with Crippen molar-refractivity contribution in [3.63, 3.8) is 0 Å². The van der Waals surface area contributed by atoms with E-state index in [0.717, 1.165) is 18.5 Å². The Bertz CT molecular complexity index is 423. The molecule has 0 atom stereocenters. The standard InChI is InChI=1S/C13H18N2O2/c1-9-2-3-11(14)8-12(9)10-4-6-15(7-5-10)13(16)17/h2-3,8,10H,4-7,14H2,1H3,(H,16,17). The number of amides is 1. The SMILES string of the molecule is Cc1ccc(N)cc1C1CCN(C(=O)O)CC1. The second-order valence-electron chi connectivity index (χ2n) is 4.66. The molecule has 4 heteroatoms. The zero-order valence-corrected chi connectivity index (χ0v) is 10.0. The van der Waals surface area contributed by atoms with Crippen LogP contribution < -0.4 is 5.73 Å². The first kappa shape index (κ1) is 11.8. The van der Waals surface area contributed by atoms with E-state index in [0.29, 0.717) is 19.0 Å². The fourth-order valence-electron chi connectivity index (χ4n) is 2.48. The van der Waals surface area contributed by atoms with Crippen LogP contribution in [0.3, 0.4) is 0 Å². The van der Waals surface area contributed by atoms with E-state index in [4.69, 9.17) is 10.8 Å². The number of nitrogens with zero attached hydrogens (tertiary/aromatic N) is 1. The highest BCUT2D eigenvalue weighted by Crippen LogP contribution is 2.31. The van der Waals surface area contributed by atoms with Gasteiger partial charge in [-0.25, -0.2) is 4.79 Å². The number of hydrogen-bond donors (Lipinski definition) is 2. The van der Waals surface area contributed by atoms with Crippen LogP contribution in [0.25, 0.3) is 0 Å². The molecule has 1 heterocycles. The van der Waals surface area contributed by atoms with Crippen molar-refractivity contribution in [3.8, 4) is 0 Å². The molecule has 3 N–H and O–H groups in total. The van der Waals surface area contributed by atoms with Crippen LogP contribution >= 0.6 is 0 Å². The van der Waals surface area contributed by atoms with Gasteiger partial charge in [-0.1, -0.05) is 6.07 Å². The summed E-state index contributed by atoms with van der Waals surface area (Å²) in [4.78, 5) is 12.3. The number of carbonyl (C=O) groups is 1. The van der Waals surface area contributed by atoms with Gasteiger partial charge in [-0.3, -0.25) is 0 Å². The summed E-state index contributed by atoms with van der Waals surface area (Å²) in [6.07, 6.45) is 0.959. The van der Waals surface area contributed by atoms with Crippen LogP contribution in [0.1, 0.15) is 29.9 Å². The largest absolute Gasteiger partial charge is 0.465 e. The Balaban J connectivity index is 2.10. The minimum absolute atomic E-state index is 0.439. The Morgan fingerprint density at radius 3 is 2.65 bits per heavy atom. The highest BCUT2D eigenvalue weighted by Gasteiger charge is 2.24. The van der Waals surface area contributed by atoms with Crippen molar-refractivity contribution < 1.29 is 9.90 Å². The Morgan fingerprint density at radius 1 is 1.41 bits per heavy atom. The topological polar surface area (TPSA) is 66.6 Å². The number of likely N-dealkylation sites (tertiary alicyclic amines) is 1. The number of nitrogens with two attached hydrogens (primary N) is 1. The minimum Gasteiger partial charge on any atom is -0.465 e. The lowest BCUT2D eigenvalue weighted by atomic mass is 9.87. The summed E-state index contributed by atoms with van der Waals surface area (Å²) >= 11 is 0. The van der Waals surface area contributed by atoms with Gasteiger partial charge in [-0.2, -0.15) is 0 Å². The Kier molecular flexibility index (Phi) is 3.22. The molecule has 1 aromatic rings. The van der Waals surface area contributed by atoms with Crippen molar-refractivity contribution in [1.82, 2.24) is 4.90 Å². The third-order valence-electron chi connectivity index (χ3n) is 3.51.